The molecule has 2 heteroatoms. The van der Waals surface area contributed by atoms with E-state index in [-0.39, 0.29) is 0 Å². The molecule has 0 aliphatic heterocycles. The Morgan fingerprint density at radius 2 is 1.76 bits per heavy atom. The standard InChI is InChI=1S/C15H32N2/c1-4-10-15(13-16-5-2)17(3)14-11-8-6-7-9-12-14/h14-16H,4-13H2,1-3H3. The van der Waals surface area contributed by atoms with Crippen LogP contribution in [0.1, 0.15) is 65.2 Å². The minimum absolute atomic E-state index is 0.739. The van der Waals surface area contributed by atoms with Crippen molar-refractivity contribution in [3.8, 4) is 0 Å². The van der Waals surface area contributed by atoms with Gasteiger partial charge in [-0.05, 0) is 32.9 Å². The third kappa shape index (κ3) is 5.39. The van der Waals surface area contributed by atoms with Crippen molar-refractivity contribution in [2.45, 2.75) is 77.3 Å². The van der Waals surface area contributed by atoms with Crippen LogP contribution in [-0.4, -0.2) is 37.1 Å². The van der Waals surface area contributed by atoms with E-state index in [0.29, 0.717) is 0 Å². The third-order valence-corrected chi connectivity index (χ3v) is 4.23. The Labute approximate surface area is 108 Å². The average molecular weight is 240 g/mol. The number of rotatable bonds is 7. The number of nitrogens with zero attached hydrogens (tertiary/aromatic N) is 1. The van der Waals surface area contributed by atoms with Crippen LogP contribution in [0.15, 0.2) is 0 Å². The normalized spacial score (nSPS) is 20.5. The predicted molar refractivity (Wildman–Crippen MR) is 76.5 cm³/mol. The summed E-state index contributed by atoms with van der Waals surface area (Å²) < 4.78 is 0. The molecule has 0 heterocycles. The van der Waals surface area contributed by atoms with Crippen LogP contribution < -0.4 is 5.32 Å². The number of hydrogen-bond acceptors (Lipinski definition) is 2. The summed E-state index contributed by atoms with van der Waals surface area (Å²) in [5, 5.41) is 3.53. The van der Waals surface area contributed by atoms with Gasteiger partial charge in [0, 0.05) is 18.6 Å². The summed E-state index contributed by atoms with van der Waals surface area (Å²) in [4.78, 5) is 2.68. The van der Waals surface area contributed by atoms with E-state index in [1.54, 1.807) is 0 Å². The monoisotopic (exact) mass is 240 g/mol. The fourth-order valence-electron chi connectivity index (χ4n) is 3.06. The number of hydrogen-bond donors (Lipinski definition) is 1. The maximum Gasteiger partial charge on any atom is 0.0220 e. The van der Waals surface area contributed by atoms with Gasteiger partial charge in [0.15, 0.2) is 0 Å². The Bertz CT molecular complexity index is 174. The second-order valence-electron chi connectivity index (χ2n) is 5.56. The topological polar surface area (TPSA) is 15.3 Å². The highest BCUT2D eigenvalue weighted by atomic mass is 15.2. The highest BCUT2D eigenvalue weighted by Gasteiger charge is 2.22. The molecular weight excluding hydrogens is 208 g/mol. The molecule has 2 nitrogen and oxygen atoms in total. The van der Waals surface area contributed by atoms with Crippen molar-refractivity contribution in [3.05, 3.63) is 0 Å². The molecule has 0 bridgehead atoms. The van der Waals surface area contributed by atoms with E-state index in [1.807, 2.05) is 0 Å². The summed E-state index contributed by atoms with van der Waals surface area (Å²) in [5.74, 6) is 0. The first-order valence-electron chi connectivity index (χ1n) is 7.72. The zero-order valence-electron chi connectivity index (χ0n) is 12.2. The van der Waals surface area contributed by atoms with Crippen molar-refractivity contribution in [2.75, 3.05) is 20.1 Å². The highest BCUT2D eigenvalue weighted by Crippen LogP contribution is 2.23. The van der Waals surface area contributed by atoms with Gasteiger partial charge in [0.25, 0.3) is 0 Å². The lowest BCUT2D eigenvalue weighted by atomic mass is 10.0. The van der Waals surface area contributed by atoms with Gasteiger partial charge < -0.3 is 5.32 Å². The van der Waals surface area contributed by atoms with Gasteiger partial charge in [-0.25, -0.2) is 0 Å². The van der Waals surface area contributed by atoms with Crippen LogP contribution in [0.25, 0.3) is 0 Å². The zero-order valence-corrected chi connectivity index (χ0v) is 12.2. The van der Waals surface area contributed by atoms with Crippen LogP contribution in [0.3, 0.4) is 0 Å². The lowest BCUT2D eigenvalue weighted by molar-refractivity contribution is 0.146. The van der Waals surface area contributed by atoms with Gasteiger partial charge in [0.05, 0.1) is 0 Å². The van der Waals surface area contributed by atoms with Crippen molar-refractivity contribution < 1.29 is 0 Å². The summed E-state index contributed by atoms with van der Waals surface area (Å²) in [6, 6.07) is 1.58. The second kappa shape index (κ2) is 8.93. The molecule has 0 spiro atoms. The summed E-state index contributed by atoms with van der Waals surface area (Å²) >= 11 is 0. The highest BCUT2D eigenvalue weighted by molar-refractivity contribution is 4.79. The molecule has 1 N–H and O–H groups in total. The van der Waals surface area contributed by atoms with E-state index in [1.165, 1.54) is 51.4 Å². The van der Waals surface area contributed by atoms with E-state index in [9.17, 15) is 0 Å². The summed E-state index contributed by atoms with van der Waals surface area (Å²) in [5.41, 5.74) is 0. The molecule has 17 heavy (non-hydrogen) atoms. The summed E-state index contributed by atoms with van der Waals surface area (Å²) in [6.45, 7) is 6.77. The maximum atomic E-state index is 3.53. The number of likely N-dealkylation sites (N-methyl/N-ethyl adjacent to an activating group) is 2. The Balaban J connectivity index is 2.45. The maximum absolute atomic E-state index is 3.53. The van der Waals surface area contributed by atoms with Crippen LogP contribution in [0, 0.1) is 0 Å². The Kier molecular flexibility index (Phi) is 7.87. The van der Waals surface area contributed by atoms with Crippen LogP contribution in [0.2, 0.25) is 0 Å². The van der Waals surface area contributed by atoms with Crippen molar-refractivity contribution in [3.63, 3.8) is 0 Å². The molecule has 0 aromatic rings. The van der Waals surface area contributed by atoms with Gasteiger partial charge in [-0.3, -0.25) is 4.90 Å². The molecule has 1 aliphatic rings. The zero-order chi connectivity index (χ0) is 12.5. The Morgan fingerprint density at radius 3 is 2.29 bits per heavy atom. The number of nitrogens with one attached hydrogen (secondary N) is 1. The van der Waals surface area contributed by atoms with Crippen LogP contribution in [-0.2, 0) is 0 Å². The quantitative estimate of drug-likeness (QED) is 0.686. The van der Waals surface area contributed by atoms with Gasteiger partial charge in [0.2, 0.25) is 0 Å². The largest absolute Gasteiger partial charge is 0.315 e. The molecule has 0 aromatic carbocycles. The molecule has 1 aliphatic carbocycles. The molecule has 1 unspecified atom stereocenters. The Morgan fingerprint density at radius 1 is 1.12 bits per heavy atom. The molecule has 102 valence electrons. The molecule has 1 atom stereocenters. The van der Waals surface area contributed by atoms with Gasteiger partial charge >= 0.3 is 0 Å². The average Bonchev–Trinajstić information content (AvgIpc) is 2.62. The molecule has 1 fully saturated rings. The van der Waals surface area contributed by atoms with Crippen LogP contribution >= 0.6 is 0 Å². The van der Waals surface area contributed by atoms with E-state index in [0.717, 1.165) is 25.2 Å². The first kappa shape index (κ1) is 15.0. The molecule has 0 radical (unpaired) electrons. The van der Waals surface area contributed by atoms with Crippen molar-refractivity contribution in [1.29, 1.82) is 0 Å². The van der Waals surface area contributed by atoms with Gasteiger partial charge in [-0.2, -0.15) is 0 Å². The van der Waals surface area contributed by atoms with Crippen molar-refractivity contribution in [1.82, 2.24) is 10.2 Å². The molecule has 0 amide bonds. The SMILES string of the molecule is CCCC(CNCC)N(C)C1CCCCCC1. The lowest BCUT2D eigenvalue weighted by Crippen LogP contribution is -2.45. The minimum atomic E-state index is 0.739. The first-order valence-corrected chi connectivity index (χ1v) is 7.72. The Hall–Kier alpha value is -0.0800. The fraction of sp³-hybridized carbons (Fsp3) is 1.00. The minimum Gasteiger partial charge on any atom is -0.315 e. The van der Waals surface area contributed by atoms with Crippen LogP contribution in [0.5, 0.6) is 0 Å². The third-order valence-electron chi connectivity index (χ3n) is 4.23. The smallest absolute Gasteiger partial charge is 0.0220 e. The van der Waals surface area contributed by atoms with Gasteiger partial charge in [0.1, 0.15) is 0 Å². The summed E-state index contributed by atoms with van der Waals surface area (Å²) in [7, 11) is 2.35. The van der Waals surface area contributed by atoms with E-state index in [4.69, 9.17) is 0 Å². The molecule has 0 saturated heterocycles. The summed E-state index contributed by atoms with van der Waals surface area (Å²) in [6.07, 6.45) is 11.3. The van der Waals surface area contributed by atoms with Crippen molar-refractivity contribution in [2.24, 2.45) is 0 Å². The van der Waals surface area contributed by atoms with E-state index < -0.39 is 0 Å². The van der Waals surface area contributed by atoms with Gasteiger partial charge in [-0.15, -0.1) is 0 Å². The predicted octanol–water partition coefficient (Wildman–Crippen LogP) is 3.42. The van der Waals surface area contributed by atoms with Crippen molar-refractivity contribution >= 4 is 0 Å². The second-order valence-corrected chi connectivity index (χ2v) is 5.56. The molecule has 1 rings (SSSR count). The van der Waals surface area contributed by atoms with E-state index >= 15 is 0 Å². The first-order chi connectivity index (χ1) is 8.29. The van der Waals surface area contributed by atoms with Gasteiger partial charge in [-0.1, -0.05) is 46.0 Å². The lowest BCUT2D eigenvalue weighted by Gasteiger charge is -2.35. The molecule has 1 saturated carbocycles. The fourth-order valence-corrected chi connectivity index (χ4v) is 3.06. The molecular formula is C15H32N2. The van der Waals surface area contributed by atoms with Crippen LogP contribution in [0.4, 0.5) is 0 Å². The molecule has 0 aromatic heterocycles. The van der Waals surface area contributed by atoms with E-state index in [2.05, 4.69) is 31.1 Å².